The Balaban J connectivity index is 1.84. The molecule has 0 aliphatic carbocycles. The van der Waals surface area contributed by atoms with Gasteiger partial charge in [-0.15, -0.1) is 0 Å². The van der Waals surface area contributed by atoms with Gasteiger partial charge in [0.25, 0.3) is 0 Å². The predicted molar refractivity (Wildman–Crippen MR) is 86.5 cm³/mol. The van der Waals surface area contributed by atoms with Gasteiger partial charge in [-0.05, 0) is 18.2 Å². The van der Waals surface area contributed by atoms with E-state index >= 15 is 0 Å². The first-order chi connectivity index (χ1) is 10.8. The lowest BCUT2D eigenvalue weighted by Gasteiger charge is -2.09. The first-order valence-electron chi connectivity index (χ1n) is 7.15. The fraction of sp³-hybridized carbons (Fsp3) is 0.158. The molecule has 3 aromatic rings. The van der Waals surface area contributed by atoms with E-state index < -0.39 is 0 Å². The van der Waals surface area contributed by atoms with Crippen molar-refractivity contribution in [3.63, 3.8) is 0 Å². The van der Waals surface area contributed by atoms with Crippen molar-refractivity contribution in [3.8, 4) is 22.8 Å². The second-order valence-electron chi connectivity index (χ2n) is 4.99. The van der Waals surface area contributed by atoms with Gasteiger partial charge < -0.3 is 13.9 Å². The zero-order valence-electron chi connectivity index (χ0n) is 12.7. The molecular formula is C19H18O3. The molecule has 3 nitrogen and oxygen atoms in total. The van der Waals surface area contributed by atoms with Gasteiger partial charge in [0.05, 0.1) is 14.2 Å². The normalized spacial score (nSPS) is 10.5. The molecule has 112 valence electrons. The van der Waals surface area contributed by atoms with Gasteiger partial charge in [0.2, 0.25) is 0 Å². The first kappa shape index (κ1) is 14.3. The molecule has 2 aromatic carbocycles. The van der Waals surface area contributed by atoms with Crippen molar-refractivity contribution in [2.45, 2.75) is 6.42 Å². The molecule has 0 unspecified atom stereocenters. The minimum absolute atomic E-state index is 0.681. The van der Waals surface area contributed by atoms with Crippen molar-refractivity contribution in [2.75, 3.05) is 14.2 Å². The van der Waals surface area contributed by atoms with E-state index in [2.05, 4.69) is 0 Å². The maximum absolute atomic E-state index is 5.94. The van der Waals surface area contributed by atoms with Crippen LogP contribution < -0.4 is 9.47 Å². The van der Waals surface area contributed by atoms with Crippen molar-refractivity contribution < 1.29 is 13.9 Å². The van der Waals surface area contributed by atoms with Crippen LogP contribution in [-0.4, -0.2) is 14.2 Å². The second kappa shape index (κ2) is 6.39. The van der Waals surface area contributed by atoms with Gasteiger partial charge in [-0.2, -0.15) is 0 Å². The second-order valence-corrected chi connectivity index (χ2v) is 4.99. The molecule has 0 fully saturated rings. The molecule has 0 bridgehead atoms. The zero-order chi connectivity index (χ0) is 15.4. The van der Waals surface area contributed by atoms with Crippen LogP contribution in [0.3, 0.4) is 0 Å². The summed E-state index contributed by atoms with van der Waals surface area (Å²) in [6, 6.07) is 19.9. The maximum atomic E-state index is 5.94. The molecule has 1 aromatic heterocycles. The van der Waals surface area contributed by atoms with E-state index in [-0.39, 0.29) is 0 Å². The lowest BCUT2D eigenvalue weighted by atomic mass is 10.1. The van der Waals surface area contributed by atoms with Crippen LogP contribution in [0.4, 0.5) is 0 Å². The summed E-state index contributed by atoms with van der Waals surface area (Å²) in [7, 11) is 3.31. The quantitative estimate of drug-likeness (QED) is 0.691. The summed E-state index contributed by atoms with van der Waals surface area (Å²) in [5.74, 6) is 3.37. The third-order valence-corrected chi connectivity index (χ3v) is 3.58. The Morgan fingerprint density at radius 1 is 0.864 bits per heavy atom. The highest BCUT2D eigenvalue weighted by Gasteiger charge is 2.10. The van der Waals surface area contributed by atoms with E-state index in [4.69, 9.17) is 13.9 Å². The van der Waals surface area contributed by atoms with Crippen molar-refractivity contribution in [3.05, 3.63) is 72.0 Å². The molecule has 0 saturated heterocycles. The van der Waals surface area contributed by atoms with E-state index in [1.807, 2.05) is 60.7 Å². The average molecular weight is 294 g/mol. The molecule has 22 heavy (non-hydrogen) atoms. The Hall–Kier alpha value is -2.68. The van der Waals surface area contributed by atoms with Gasteiger partial charge in [-0.3, -0.25) is 0 Å². The number of rotatable bonds is 5. The van der Waals surface area contributed by atoms with Crippen LogP contribution in [0.1, 0.15) is 11.3 Å². The maximum Gasteiger partial charge on any atom is 0.134 e. The van der Waals surface area contributed by atoms with E-state index in [1.54, 1.807) is 14.2 Å². The summed E-state index contributed by atoms with van der Waals surface area (Å²) >= 11 is 0. The lowest BCUT2D eigenvalue weighted by molar-refractivity contribution is 0.390. The summed E-state index contributed by atoms with van der Waals surface area (Å²) in [6.07, 6.45) is 0.681. The van der Waals surface area contributed by atoms with Gasteiger partial charge in [0.1, 0.15) is 23.0 Å². The minimum Gasteiger partial charge on any atom is -0.497 e. The lowest BCUT2D eigenvalue weighted by Crippen LogP contribution is -1.94. The van der Waals surface area contributed by atoms with Crippen LogP contribution in [0.2, 0.25) is 0 Å². The van der Waals surface area contributed by atoms with Crippen LogP contribution in [0, 0.1) is 0 Å². The highest BCUT2D eigenvalue weighted by molar-refractivity contribution is 5.57. The summed E-state index contributed by atoms with van der Waals surface area (Å²) in [5.41, 5.74) is 2.15. The predicted octanol–water partition coefficient (Wildman–Crippen LogP) is 4.55. The van der Waals surface area contributed by atoms with Gasteiger partial charge in [0, 0.05) is 23.6 Å². The summed E-state index contributed by atoms with van der Waals surface area (Å²) in [4.78, 5) is 0. The average Bonchev–Trinajstić information content (AvgIpc) is 3.04. The standard InChI is InChI=1S/C19H18O3/c1-20-16-9-8-15(19(13-16)21-2)12-17-10-11-18(22-17)14-6-4-3-5-7-14/h3-11,13H,12H2,1-2H3. The molecule has 0 N–H and O–H groups in total. The van der Waals surface area contributed by atoms with Gasteiger partial charge >= 0.3 is 0 Å². The Kier molecular flexibility index (Phi) is 4.15. The van der Waals surface area contributed by atoms with Crippen molar-refractivity contribution in [2.24, 2.45) is 0 Å². The van der Waals surface area contributed by atoms with E-state index in [0.29, 0.717) is 6.42 Å². The summed E-state index contributed by atoms with van der Waals surface area (Å²) in [6.45, 7) is 0. The molecular weight excluding hydrogens is 276 g/mol. The fourth-order valence-electron chi connectivity index (χ4n) is 2.42. The van der Waals surface area contributed by atoms with Gasteiger partial charge in [-0.1, -0.05) is 36.4 Å². The van der Waals surface area contributed by atoms with E-state index in [9.17, 15) is 0 Å². The molecule has 0 spiro atoms. The topological polar surface area (TPSA) is 31.6 Å². The van der Waals surface area contributed by atoms with Crippen LogP contribution in [0.15, 0.2) is 65.1 Å². The smallest absolute Gasteiger partial charge is 0.134 e. The molecule has 3 rings (SSSR count). The summed E-state index contributed by atoms with van der Waals surface area (Å²) < 4.78 is 16.6. The van der Waals surface area contributed by atoms with Crippen LogP contribution >= 0.6 is 0 Å². The third-order valence-electron chi connectivity index (χ3n) is 3.58. The highest BCUT2D eigenvalue weighted by Crippen LogP contribution is 2.29. The van der Waals surface area contributed by atoms with Gasteiger partial charge in [0.15, 0.2) is 0 Å². The number of hydrogen-bond donors (Lipinski definition) is 0. The minimum atomic E-state index is 0.681. The summed E-state index contributed by atoms with van der Waals surface area (Å²) in [5, 5.41) is 0. The number of furan rings is 1. The molecule has 0 atom stereocenters. The largest absolute Gasteiger partial charge is 0.497 e. The van der Waals surface area contributed by atoms with E-state index in [1.165, 1.54) is 0 Å². The first-order valence-corrected chi connectivity index (χ1v) is 7.15. The molecule has 1 heterocycles. The monoisotopic (exact) mass is 294 g/mol. The highest BCUT2D eigenvalue weighted by atomic mass is 16.5. The zero-order valence-corrected chi connectivity index (χ0v) is 12.7. The Morgan fingerprint density at radius 2 is 1.68 bits per heavy atom. The van der Waals surface area contributed by atoms with Crippen LogP contribution in [-0.2, 0) is 6.42 Å². The molecule has 0 radical (unpaired) electrons. The van der Waals surface area contributed by atoms with Crippen molar-refractivity contribution in [1.29, 1.82) is 0 Å². The molecule has 0 aliphatic rings. The van der Waals surface area contributed by atoms with Gasteiger partial charge in [-0.25, -0.2) is 0 Å². The Bertz CT molecular complexity index is 744. The Labute approximate surface area is 130 Å². The SMILES string of the molecule is COc1ccc(Cc2ccc(-c3ccccc3)o2)c(OC)c1. The Morgan fingerprint density at radius 3 is 2.41 bits per heavy atom. The van der Waals surface area contributed by atoms with Crippen LogP contribution in [0.25, 0.3) is 11.3 Å². The van der Waals surface area contributed by atoms with Crippen LogP contribution in [0.5, 0.6) is 11.5 Å². The third kappa shape index (κ3) is 2.98. The molecule has 3 heteroatoms. The number of benzene rings is 2. The molecule has 0 saturated carbocycles. The fourth-order valence-corrected chi connectivity index (χ4v) is 2.42. The molecule has 0 amide bonds. The van der Waals surface area contributed by atoms with E-state index in [0.717, 1.165) is 34.1 Å². The van der Waals surface area contributed by atoms with Crippen molar-refractivity contribution in [1.82, 2.24) is 0 Å². The molecule has 0 aliphatic heterocycles. The number of ether oxygens (including phenoxy) is 2. The number of methoxy groups -OCH3 is 2. The number of hydrogen-bond acceptors (Lipinski definition) is 3. The van der Waals surface area contributed by atoms with Crippen molar-refractivity contribution >= 4 is 0 Å².